The van der Waals surface area contributed by atoms with Gasteiger partial charge in [0, 0.05) is 12.1 Å². The number of carbonyl (C=O) groups excluding carboxylic acids is 2. The number of benzene rings is 3. The topological polar surface area (TPSA) is 57.6 Å². The molecule has 4 rings (SSSR count). The molecule has 5 heteroatoms. The minimum atomic E-state index is -0.764. The van der Waals surface area contributed by atoms with E-state index in [0.29, 0.717) is 11.1 Å². The van der Waals surface area contributed by atoms with Gasteiger partial charge in [-0.05, 0) is 46.2 Å². The summed E-state index contributed by atoms with van der Waals surface area (Å²) in [6, 6.07) is 20.2. The van der Waals surface area contributed by atoms with Crippen molar-refractivity contribution in [2.45, 2.75) is 52.1 Å². The molecule has 0 bridgehead atoms. The van der Waals surface area contributed by atoms with Gasteiger partial charge in [0.1, 0.15) is 11.6 Å². The Hall–Kier alpha value is -3.73. The summed E-state index contributed by atoms with van der Waals surface area (Å²) in [4.78, 5) is 27.9. The van der Waals surface area contributed by atoms with Crippen molar-refractivity contribution in [2.75, 3.05) is 0 Å². The third-order valence-corrected chi connectivity index (χ3v) is 6.53. The van der Waals surface area contributed by atoms with E-state index in [1.807, 2.05) is 43.3 Å². The number of carbonyl (C=O) groups is 2. The number of hydrogen-bond acceptors (Lipinski definition) is 3. The van der Waals surface area contributed by atoms with Crippen molar-refractivity contribution in [3.05, 3.63) is 112 Å². The number of likely N-dealkylation sites (tertiary alicyclic amines) is 1. The van der Waals surface area contributed by atoms with E-state index in [0.717, 1.165) is 23.1 Å². The molecular weight excluding hydrogens is 441 g/mol. The van der Waals surface area contributed by atoms with Crippen LogP contribution in [0.2, 0.25) is 0 Å². The van der Waals surface area contributed by atoms with Crippen molar-refractivity contribution in [1.82, 2.24) is 4.90 Å². The maximum absolute atomic E-state index is 13.4. The van der Waals surface area contributed by atoms with E-state index in [4.69, 9.17) is 0 Å². The second-order valence-electron chi connectivity index (χ2n) is 9.98. The van der Waals surface area contributed by atoms with E-state index in [-0.39, 0.29) is 29.1 Å². The Labute approximate surface area is 205 Å². The number of amides is 1. The molecule has 3 aromatic carbocycles. The zero-order chi connectivity index (χ0) is 25.3. The van der Waals surface area contributed by atoms with Crippen molar-refractivity contribution in [3.8, 4) is 0 Å². The van der Waals surface area contributed by atoms with Gasteiger partial charge < -0.3 is 10.0 Å². The average Bonchev–Trinajstić information content (AvgIpc) is 3.09. The molecule has 0 aliphatic carbocycles. The van der Waals surface area contributed by atoms with E-state index in [1.165, 1.54) is 17.0 Å². The first-order valence-electron chi connectivity index (χ1n) is 11.8. The largest absolute Gasteiger partial charge is 0.507 e. The van der Waals surface area contributed by atoms with Crippen LogP contribution in [0.15, 0.2) is 78.4 Å². The Kier molecular flexibility index (Phi) is 6.62. The Morgan fingerprint density at radius 1 is 0.886 bits per heavy atom. The van der Waals surface area contributed by atoms with Crippen LogP contribution in [0.25, 0.3) is 5.76 Å². The molecule has 0 aromatic heterocycles. The molecule has 3 aromatic rings. The fraction of sp³-hybridized carbons (Fsp3) is 0.267. The zero-order valence-electron chi connectivity index (χ0n) is 20.5. The lowest BCUT2D eigenvalue weighted by atomic mass is 9.85. The van der Waals surface area contributed by atoms with Crippen LogP contribution in [-0.4, -0.2) is 21.7 Å². The monoisotopic (exact) mass is 471 g/mol. The Morgan fingerprint density at radius 3 is 2.00 bits per heavy atom. The molecule has 180 valence electrons. The number of ketones is 1. The fourth-order valence-corrected chi connectivity index (χ4v) is 4.40. The van der Waals surface area contributed by atoms with Crippen LogP contribution >= 0.6 is 0 Å². The van der Waals surface area contributed by atoms with Gasteiger partial charge in [0.05, 0.1) is 11.6 Å². The minimum Gasteiger partial charge on any atom is -0.507 e. The van der Waals surface area contributed by atoms with E-state index in [2.05, 4.69) is 20.8 Å². The third-order valence-electron chi connectivity index (χ3n) is 6.53. The summed E-state index contributed by atoms with van der Waals surface area (Å²) in [6.07, 6.45) is 0.850. The molecule has 1 saturated heterocycles. The van der Waals surface area contributed by atoms with E-state index in [9.17, 15) is 19.1 Å². The SMILES string of the molecule is CCc1ccc(/C(O)=C2/C(=O)C(=O)N(Cc3ccc(F)cc3)C2c2ccc(C(C)(C)C)cc2)cc1. The van der Waals surface area contributed by atoms with E-state index in [1.54, 1.807) is 24.3 Å². The van der Waals surface area contributed by atoms with Crippen molar-refractivity contribution in [1.29, 1.82) is 0 Å². The lowest BCUT2D eigenvalue weighted by Gasteiger charge is -2.26. The average molecular weight is 472 g/mol. The highest BCUT2D eigenvalue weighted by molar-refractivity contribution is 6.46. The molecule has 1 heterocycles. The molecule has 1 aliphatic rings. The molecule has 4 nitrogen and oxygen atoms in total. The number of nitrogens with zero attached hydrogens (tertiary/aromatic N) is 1. The summed E-state index contributed by atoms with van der Waals surface area (Å²) in [7, 11) is 0. The predicted molar refractivity (Wildman–Crippen MR) is 135 cm³/mol. The molecule has 1 unspecified atom stereocenters. The lowest BCUT2D eigenvalue weighted by Crippen LogP contribution is -2.29. The van der Waals surface area contributed by atoms with Gasteiger partial charge in [0.15, 0.2) is 0 Å². The molecule has 1 amide bonds. The number of aliphatic hydroxyl groups excluding tert-OH is 1. The van der Waals surface area contributed by atoms with Gasteiger partial charge in [-0.15, -0.1) is 0 Å². The summed E-state index contributed by atoms with van der Waals surface area (Å²) in [5.41, 5.74) is 4.13. The van der Waals surface area contributed by atoms with Crippen molar-refractivity contribution >= 4 is 17.4 Å². The number of hydrogen-bond donors (Lipinski definition) is 1. The second-order valence-corrected chi connectivity index (χ2v) is 9.98. The number of aliphatic hydroxyl groups is 1. The maximum atomic E-state index is 13.4. The molecule has 1 aliphatic heterocycles. The first kappa shape index (κ1) is 24.4. The van der Waals surface area contributed by atoms with Gasteiger partial charge in [-0.1, -0.05) is 88.4 Å². The van der Waals surface area contributed by atoms with Gasteiger partial charge in [-0.25, -0.2) is 4.39 Å². The summed E-state index contributed by atoms with van der Waals surface area (Å²) < 4.78 is 13.4. The molecule has 1 fully saturated rings. The van der Waals surface area contributed by atoms with Crippen LogP contribution in [0, 0.1) is 5.82 Å². The Balaban J connectivity index is 1.83. The third kappa shape index (κ3) is 4.90. The first-order chi connectivity index (χ1) is 16.6. The second kappa shape index (κ2) is 9.49. The molecule has 0 spiro atoms. The highest BCUT2D eigenvalue weighted by Crippen LogP contribution is 2.41. The molecule has 0 saturated carbocycles. The molecule has 35 heavy (non-hydrogen) atoms. The summed E-state index contributed by atoms with van der Waals surface area (Å²) >= 11 is 0. The first-order valence-corrected chi connectivity index (χ1v) is 11.8. The molecular formula is C30H30FNO3. The Morgan fingerprint density at radius 2 is 1.46 bits per heavy atom. The van der Waals surface area contributed by atoms with Gasteiger partial charge in [0.2, 0.25) is 0 Å². The summed E-state index contributed by atoms with van der Waals surface area (Å²) in [5, 5.41) is 11.2. The highest BCUT2D eigenvalue weighted by atomic mass is 19.1. The molecule has 0 radical (unpaired) electrons. The van der Waals surface area contributed by atoms with Crippen LogP contribution in [-0.2, 0) is 28.0 Å². The number of rotatable bonds is 5. The van der Waals surface area contributed by atoms with Gasteiger partial charge in [-0.3, -0.25) is 9.59 Å². The smallest absolute Gasteiger partial charge is 0.295 e. The lowest BCUT2D eigenvalue weighted by molar-refractivity contribution is -0.140. The summed E-state index contributed by atoms with van der Waals surface area (Å²) in [5.74, 6) is -1.99. The van der Waals surface area contributed by atoms with Crippen LogP contribution in [0.1, 0.15) is 61.6 Å². The van der Waals surface area contributed by atoms with Crippen LogP contribution in [0.4, 0.5) is 4.39 Å². The Bertz CT molecular complexity index is 1270. The predicted octanol–water partition coefficient (Wildman–Crippen LogP) is 6.31. The number of Topliss-reactive ketones (excluding diaryl/α,β-unsaturated/α-hetero) is 1. The van der Waals surface area contributed by atoms with Gasteiger partial charge in [0.25, 0.3) is 11.7 Å². The van der Waals surface area contributed by atoms with Gasteiger partial charge in [-0.2, -0.15) is 0 Å². The van der Waals surface area contributed by atoms with E-state index < -0.39 is 17.7 Å². The zero-order valence-corrected chi connectivity index (χ0v) is 20.5. The quantitative estimate of drug-likeness (QED) is 0.270. The molecule has 1 N–H and O–H groups in total. The standard InChI is InChI=1S/C30H30FNO3/c1-5-19-6-10-22(11-7-19)27(33)25-26(21-12-14-23(15-13-21)30(2,3)4)32(29(35)28(25)34)18-20-8-16-24(31)17-9-20/h6-17,26,33H,5,18H2,1-4H3/b27-25-. The van der Waals surface area contributed by atoms with Crippen molar-refractivity contribution < 1.29 is 19.1 Å². The molecule has 1 atom stereocenters. The van der Waals surface area contributed by atoms with Crippen LogP contribution in [0.5, 0.6) is 0 Å². The maximum Gasteiger partial charge on any atom is 0.295 e. The van der Waals surface area contributed by atoms with Crippen molar-refractivity contribution in [2.24, 2.45) is 0 Å². The minimum absolute atomic E-state index is 0.0600. The number of aryl methyl sites for hydroxylation is 1. The van der Waals surface area contributed by atoms with Crippen LogP contribution in [0.3, 0.4) is 0 Å². The fourth-order valence-electron chi connectivity index (χ4n) is 4.40. The number of halogens is 1. The van der Waals surface area contributed by atoms with E-state index >= 15 is 0 Å². The van der Waals surface area contributed by atoms with Gasteiger partial charge >= 0.3 is 0 Å². The van der Waals surface area contributed by atoms with Crippen molar-refractivity contribution in [3.63, 3.8) is 0 Å². The van der Waals surface area contributed by atoms with Crippen LogP contribution < -0.4 is 0 Å². The highest BCUT2D eigenvalue weighted by Gasteiger charge is 2.46. The normalized spacial score (nSPS) is 17.7. The summed E-state index contributed by atoms with van der Waals surface area (Å²) in [6.45, 7) is 8.49.